The number of carbonyl (C=O) groups excluding carboxylic acids is 1. The first-order valence-electron chi connectivity index (χ1n) is 7.63. The molecule has 0 bridgehead atoms. The number of carboxylic acids is 1. The number of nitro benzene ring substituents is 2. The van der Waals surface area contributed by atoms with Gasteiger partial charge in [0.1, 0.15) is 12.3 Å². The molecule has 0 fully saturated rings. The molecule has 2 N–H and O–H groups in total. The van der Waals surface area contributed by atoms with Gasteiger partial charge in [0.2, 0.25) is 0 Å². The summed E-state index contributed by atoms with van der Waals surface area (Å²) >= 11 is 0. The largest absolute Gasteiger partial charge is 0.477 e. The molecule has 2 aromatic carbocycles. The summed E-state index contributed by atoms with van der Waals surface area (Å²) in [6, 6.07) is 11.5. The summed E-state index contributed by atoms with van der Waals surface area (Å²) in [5, 5.41) is 33.0. The second kappa shape index (κ2) is 8.89. The lowest BCUT2D eigenvalue weighted by atomic mass is 10.1. The highest BCUT2D eigenvalue weighted by atomic mass is 16.6. The number of hydrogen-bond acceptors (Lipinski definition) is 7. The van der Waals surface area contributed by atoms with E-state index in [1.54, 1.807) is 30.3 Å². The molecule has 0 saturated heterocycles. The maximum Gasteiger partial charge on any atom is 0.412 e. The molecule has 28 heavy (non-hydrogen) atoms. The van der Waals surface area contributed by atoms with E-state index < -0.39 is 39.0 Å². The van der Waals surface area contributed by atoms with E-state index in [9.17, 15) is 34.9 Å². The number of amides is 1. The lowest BCUT2D eigenvalue weighted by Crippen LogP contribution is -2.27. The van der Waals surface area contributed by atoms with Gasteiger partial charge in [-0.25, -0.2) is 9.59 Å². The van der Waals surface area contributed by atoms with Crippen molar-refractivity contribution in [2.24, 2.45) is 0 Å². The van der Waals surface area contributed by atoms with Gasteiger partial charge in [0, 0.05) is 12.1 Å². The Morgan fingerprint density at radius 3 is 2.25 bits per heavy atom. The number of rotatable bonds is 7. The van der Waals surface area contributed by atoms with Crippen LogP contribution in [0.5, 0.6) is 0 Å². The van der Waals surface area contributed by atoms with Crippen LogP contribution in [0.3, 0.4) is 0 Å². The minimum atomic E-state index is -1.53. The molecule has 11 heteroatoms. The Labute approximate surface area is 157 Å². The summed E-state index contributed by atoms with van der Waals surface area (Å²) in [6.45, 7) is -0.0947. The van der Waals surface area contributed by atoms with Crippen LogP contribution < -0.4 is 5.32 Å². The van der Waals surface area contributed by atoms with Crippen molar-refractivity contribution in [1.29, 1.82) is 0 Å². The summed E-state index contributed by atoms with van der Waals surface area (Å²) in [5.74, 6) is -1.53. The van der Waals surface area contributed by atoms with Crippen LogP contribution in [0.15, 0.2) is 54.2 Å². The Morgan fingerprint density at radius 2 is 1.68 bits per heavy atom. The second-order valence-electron chi connectivity index (χ2n) is 5.31. The second-order valence-corrected chi connectivity index (χ2v) is 5.31. The average Bonchev–Trinajstić information content (AvgIpc) is 2.66. The van der Waals surface area contributed by atoms with Crippen LogP contribution in [0.25, 0.3) is 6.08 Å². The molecule has 144 valence electrons. The molecular weight excluding hydrogens is 374 g/mol. The number of carbonyl (C=O) groups is 2. The fourth-order valence-electron chi connectivity index (χ4n) is 2.12. The molecule has 11 nitrogen and oxygen atoms in total. The van der Waals surface area contributed by atoms with E-state index in [1.165, 1.54) is 0 Å². The zero-order chi connectivity index (χ0) is 20.7. The van der Waals surface area contributed by atoms with Gasteiger partial charge in [0.15, 0.2) is 0 Å². The van der Waals surface area contributed by atoms with Gasteiger partial charge >= 0.3 is 23.4 Å². The quantitative estimate of drug-likeness (QED) is 0.416. The molecule has 0 radical (unpaired) electrons. The summed E-state index contributed by atoms with van der Waals surface area (Å²) in [4.78, 5) is 43.0. The zero-order valence-electron chi connectivity index (χ0n) is 14.1. The number of benzene rings is 2. The van der Waals surface area contributed by atoms with E-state index in [0.717, 1.165) is 24.3 Å². The Hall–Kier alpha value is -4.28. The van der Waals surface area contributed by atoms with Gasteiger partial charge in [-0.05, 0) is 23.3 Å². The zero-order valence-corrected chi connectivity index (χ0v) is 14.1. The van der Waals surface area contributed by atoms with Gasteiger partial charge in [0.05, 0.1) is 9.85 Å². The maximum atomic E-state index is 11.8. The maximum absolute atomic E-state index is 11.8. The van der Waals surface area contributed by atoms with Crippen molar-refractivity contribution in [3.63, 3.8) is 0 Å². The van der Waals surface area contributed by atoms with Gasteiger partial charge in [-0.15, -0.1) is 0 Å². The average molecular weight is 387 g/mol. The number of nitro groups is 2. The van der Waals surface area contributed by atoms with Crippen LogP contribution in [0.4, 0.5) is 16.2 Å². The fraction of sp³-hybridized carbons (Fsp3) is 0.0588. The van der Waals surface area contributed by atoms with Crippen LogP contribution in [0.1, 0.15) is 11.1 Å². The van der Waals surface area contributed by atoms with Gasteiger partial charge in [-0.1, -0.05) is 30.3 Å². The van der Waals surface area contributed by atoms with Gasteiger partial charge in [0.25, 0.3) is 0 Å². The monoisotopic (exact) mass is 387 g/mol. The first-order valence-corrected chi connectivity index (χ1v) is 7.63. The topological polar surface area (TPSA) is 162 Å². The summed E-state index contributed by atoms with van der Waals surface area (Å²) in [5.41, 5.74) is -1.52. The van der Waals surface area contributed by atoms with Crippen molar-refractivity contribution in [1.82, 2.24) is 5.32 Å². The molecule has 2 aromatic rings. The van der Waals surface area contributed by atoms with Crippen molar-refractivity contribution in [3.8, 4) is 0 Å². The van der Waals surface area contributed by atoms with Gasteiger partial charge in [-0.2, -0.15) is 0 Å². The van der Waals surface area contributed by atoms with Crippen molar-refractivity contribution >= 4 is 29.5 Å². The molecule has 0 aliphatic carbocycles. The molecular formula is C17H13N3O8. The van der Waals surface area contributed by atoms with Crippen molar-refractivity contribution in [3.05, 3.63) is 85.6 Å². The van der Waals surface area contributed by atoms with Crippen molar-refractivity contribution in [2.75, 3.05) is 0 Å². The minimum Gasteiger partial charge on any atom is -0.477 e. The Bertz CT molecular complexity index is 956. The third kappa shape index (κ3) is 5.36. The van der Waals surface area contributed by atoms with E-state index >= 15 is 0 Å². The smallest absolute Gasteiger partial charge is 0.412 e. The van der Waals surface area contributed by atoms with E-state index in [-0.39, 0.29) is 12.2 Å². The van der Waals surface area contributed by atoms with Crippen molar-refractivity contribution in [2.45, 2.75) is 6.61 Å². The molecule has 0 saturated carbocycles. The summed E-state index contributed by atoms with van der Waals surface area (Å²) in [7, 11) is 0. The molecule has 0 unspecified atom stereocenters. The van der Waals surface area contributed by atoms with E-state index in [1.807, 2.05) is 5.32 Å². The van der Waals surface area contributed by atoms with Gasteiger partial charge < -0.3 is 9.84 Å². The highest BCUT2D eigenvalue weighted by Gasteiger charge is 2.24. The first kappa shape index (κ1) is 20.0. The fourth-order valence-corrected chi connectivity index (χ4v) is 2.12. The van der Waals surface area contributed by atoms with Crippen LogP contribution in [0.2, 0.25) is 0 Å². The third-order valence-electron chi connectivity index (χ3n) is 3.38. The summed E-state index contributed by atoms with van der Waals surface area (Å²) < 4.78 is 4.91. The number of ether oxygens (including phenoxy) is 1. The van der Waals surface area contributed by atoms with E-state index in [2.05, 4.69) is 0 Å². The number of hydrogen-bond donors (Lipinski definition) is 2. The molecule has 0 atom stereocenters. The molecule has 0 heterocycles. The molecule has 1 amide bonds. The molecule has 2 rings (SSSR count). The van der Waals surface area contributed by atoms with Crippen molar-refractivity contribution < 1.29 is 29.3 Å². The Morgan fingerprint density at radius 1 is 1.04 bits per heavy atom. The third-order valence-corrected chi connectivity index (χ3v) is 3.38. The highest BCUT2D eigenvalue weighted by molar-refractivity contribution is 5.95. The van der Waals surface area contributed by atoms with Crippen LogP contribution >= 0.6 is 0 Å². The van der Waals surface area contributed by atoms with Gasteiger partial charge in [-0.3, -0.25) is 25.5 Å². The number of nitrogens with one attached hydrogen (secondary N) is 1. The van der Waals surface area contributed by atoms with E-state index in [4.69, 9.17) is 4.74 Å². The lowest BCUT2D eigenvalue weighted by molar-refractivity contribution is -0.422. The Balaban J connectivity index is 2.19. The van der Waals surface area contributed by atoms with Crippen LogP contribution in [0, 0.1) is 20.2 Å². The minimum absolute atomic E-state index is 0.0296. The number of alkyl carbamates (subject to hydrolysis) is 1. The first-order chi connectivity index (χ1) is 13.3. The van der Waals surface area contributed by atoms with E-state index in [0.29, 0.717) is 5.56 Å². The SMILES string of the molecule is O=C(NC(=Cc1ccc([N+](=O)[O-])c([N+](=O)[O-])c1)C(=O)O)OCc1ccccc1. The molecule has 0 aliphatic heterocycles. The number of nitrogens with zero attached hydrogens (tertiary/aromatic N) is 2. The number of aliphatic carboxylic acids is 1. The summed E-state index contributed by atoms with van der Waals surface area (Å²) in [6.07, 6.45) is -0.128. The normalized spacial score (nSPS) is 10.8. The molecule has 0 aromatic heterocycles. The predicted molar refractivity (Wildman–Crippen MR) is 95.1 cm³/mol. The standard InChI is InChI=1S/C17H13N3O8/c21-16(22)13(18-17(23)28-10-11-4-2-1-3-5-11)8-12-6-7-14(19(24)25)15(9-12)20(26)27/h1-9H,10H2,(H,18,23)(H,21,22). The predicted octanol–water partition coefficient (Wildman–Crippen LogP) is 2.85. The Kier molecular flexibility index (Phi) is 6.36. The lowest BCUT2D eigenvalue weighted by Gasteiger charge is -2.08. The number of carboxylic acid groups (broad SMARTS) is 1. The molecule has 0 spiro atoms. The van der Waals surface area contributed by atoms with Crippen LogP contribution in [-0.2, 0) is 16.1 Å². The van der Waals surface area contributed by atoms with Crippen LogP contribution in [-0.4, -0.2) is 27.0 Å². The molecule has 0 aliphatic rings. The highest BCUT2D eigenvalue weighted by Crippen LogP contribution is 2.28.